The van der Waals surface area contributed by atoms with E-state index in [1.807, 2.05) is 0 Å². The number of hydrogen-bond donors (Lipinski definition) is 1. The van der Waals surface area contributed by atoms with Crippen molar-refractivity contribution in [1.29, 1.82) is 0 Å². The lowest BCUT2D eigenvalue weighted by Crippen LogP contribution is -2.40. The number of carbonyl (C=O) groups is 1. The lowest BCUT2D eigenvalue weighted by atomic mass is 10.2. The Labute approximate surface area is 145 Å². The minimum absolute atomic E-state index is 0. The second-order valence-corrected chi connectivity index (χ2v) is 7.84. The number of nitrogens with two attached hydrogens (primary N) is 1. The quantitative estimate of drug-likeness (QED) is 0.804. The van der Waals surface area contributed by atoms with Crippen molar-refractivity contribution in [1.82, 2.24) is 4.31 Å². The fourth-order valence-electron chi connectivity index (χ4n) is 2.03. The molecule has 0 fully saturated rings. The average molecular weight is 379 g/mol. The van der Waals surface area contributed by atoms with E-state index >= 15 is 0 Å². The molecule has 1 aromatic carbocycles. The number of benzene rings is 1. The number of ether oxygens (including phenoxy) is 1. The van der Waals surface area contributed by atoms with Gasteiger partial charge in [-0.1, -0.05) is 18.2 Å². The summed E-state index contributed by atoms with van der Waals surface area (Å²) in [6.07, 6.45) is 0. The molecule has 0 bridgehead atoms. The van der Waals surface area contributed by atoms with E-state index < -0.39 is 16.0 Å². The lowest BCUT2D eigenvalue weighted by molar-refractivity contribution is 0.0602. The molecule has 0 spiro atoms. The summed E-state index contributed by atoms with van der Waals surface area (Å²) in [5, 5.41) is 0.518. The van der Waals surface area contributed by atoms with Gasteiger partial charge in [-0.2, -0.15) is 4.31 Å². The van der Waals surface area contributed by atoms with Crippen LogP contribution in [0, 0.1) is 0 Å². The predicted molar refractivity (Wildman–Crippen MR) is 93.9 cm³/mol. The molecule has 0 amide bonds. The summed E-state index contributed by atoms with van der Waals surface area (Å²) >= 11 is 1.11. The number of likely N-dealkylation sites (N-methyl/N-ethyl adjacent to an activating group) is 1. The standard InChI is InChI=1S/C14H18N2O4S2.ClH/c1-9(8-15)16(2)22(18,19)13-10-6-4-5-7-11(10)21-12(13)14(17)20-3;/h4-7,9H,8,15H2,1-3H3;1H. The van der Waals surface area contributed by atoms with Gasteiger partial charge in [-0.3, -0.25) is 0 Å². The number of carbonyl (C=O) groups excluding carboxylic acids is 1. The zero-order chi connectivity index (χ0) is 16.5. The van der Waals surface area contributed by atoms with Gasteiger partial charge in [-0.05, 0) is 13.0 Å². The van der Waals surface area contributed by atoms with Crippen LogP contribution in [0.5, 0.6) is 0 Å². The first-order valence-corrected chi connectivity index (χ1v) is 8.88. The number of halogens is 1. The van der Waals surface area contributed by atoms with Crippen LogP contribution < -0.4 is 5.73 Å². The molecule has 0 aliphatic rings. The maximum absolute atomic E-state index is 12.9. The van der Waals surface area contributed by atoms with E-state index in [-0.39, 0.29) is 34.8 Å². The zero-order valence-electron chi connectivity index (χ0n) is 13.0. The molecule has 1 unspecified atom stereocenters. The zero-order valence-corrected chi connectivity index (χ0v) is 15.4. The number of nitrogens with zero attached hydrogens (tertiary/aromatic N) is 1. The second kappa shape index (κ2) is 7.59. The molecule has 9 heteroatoms. The summed E-state index contributed by atoms with van der Waals surface area (Å²) in [5.74, 6) is -0.659. The number of methoxy groups -OCH3 is 1. The number of esters is 1. The molecule has 0 aliphatic carbocycles. The van der Waals surface area contributed by atoms with Gasteiger partial charge in [-0.25, -0.2) is 13.2 Å². The third-order valence-electron chi connectivity index (χ3n) is 3.52. The van der Waals surface area contributed by atoms with Crippen LogP contribution in [-0.2, 0) is 14.8 Å². The molecule has 0 saturated heterocycles. The number of fused-ring (bicyclic) bond motifs is 1. The summed E-state index contributed by atoms with van der Waals surface area (Å²) in [6, 6.07) is 6.61. The number of thiophene rings is 1. The summed E-state index contributed by atoms with van der Waals surface area (Å²) in [6.45, 7) is 1.90. The van der Waals surface area contributed by atoms with Gasteiger partial charge in [0.15, 0.2) is 0 Å². The summed E-state index contributed by atoms with van der Waals surface area (Å²) in [7, 11) is -1.17. The van der Waals surface area contributed by atoms with Gasteiger partial charge < -0.3 is 10.5 Å². The molecule has 0 radical (unpaired) electrons. The van der Waals surface area contributed by atoms with Crippen molar-refractivity contribution < 1.29 is 17.9 Å². The molecule has 2 N–H and O–H groups in total. The summed E-state index contributed by atoms with van der Waals surface area (Å²) in [5.41, 5.74) is 5.56. The number of hydrogen-bond acceptors (Lipinski definition) is 6. The number of sulfonamides is 1. The maximum atomic E-state index is 12.9. The lowest BCUT2D eigenvalue weighted by Gasteiger charge is -2.23. The van der Waals surface area contributed by atoms with E-state index in [1.165, 1.54) is 18.5 Å². The van der Waals surface area contributed by atoms with Crippen LogP contribution in [-0.4, -0.2) is 45.4 Å². The molecule has 0 aliphatic heterocycles. The van der Waals surface area contributed by atoms with Crippen molar-refractivity contribution in [2.24, 2.45) is 5.73 Å². The van der Waals surface area contributed by atoms with Crippen molar-refractivity contribution in [3.8, 4) is 0 Å². The largest absolute Gasteiger partial charge is 0.465 e. The Morgan fingerprint density at radius 1 is 1.39 bits per heavy atom. The molecule has 2 aromatic rings. The second-order valence-electron chi connectivity index (χ2n) is 4.85. The van der Waals surface area contributed by atoms with Gasteiger partial charge in [-0.15, -0.1) is 23.7 Å². The van der Waals surface area contributed by atoms with Crippen molar-refractivity contribution in [2.45, 2.75) is 17.9 Å². The van der Waals surface area contributed by atoms with Crippen molar-refractivity contribution in [2.75, 3.05) is 20.7 Å². The minimum atomic E-state index is -3.86. The van der Waals surface area contributed by atoms with Gasteiger partial charge in [0.2, 0.25) is 10.0 Å². The van der Waals surface area contributed by atoms with E-state index in [0.29, 0.717) is 5.39 Å². The molecular formula is C14H19ClN2O4S2. The monoisotopic (exact) mass is 378 g/mol. The smallest absolute Gasteiger partial charge is 0.349 e. The maximum Gasteiger partial charge on any atom is 0.349 e. The molecule has 23 heavy (non-hydrogen) atoms. The third kappa shape index (κ3) is 3.51. The Bertz CT molecular complexity index is 804. The Balaban J connectivity index is 0.00000264. The topological polar surface area (TPSA) is 89.7 Å². The molecule has 0 saturated carbocycles. The van der Waals surface area contributed by atoms with Gasteiger partial charge in [0.05, 0.1) is 7.11 Å². The molecular weight excluding hydrogens is 360 g/mol. The molecule has 2 rings (SSSR count). The minimum Gasteiger partial charge on any atom is -0.465 e. The molecule has 1 atom stereocenters. The van der Waals surface area contributed by atoms with Crippen LogP contribution in [0.15, 0.2) is 29.2 Å². The van der Waals surface area contributed by atoms with E-state index in [4.69, 9.17) is 10.5 Å². The highest BCUT2D eigenvalue weighted by Crippen LogP contribution is 2.36. The van der Waals surface area contributed by atoms with Gasteiger partial charge in [0.1, 0.15) is 9.77 Å². The van der Waals surface area contributed by atoms with Crippen molar-refractivity contribution in [3.05, 3.63) is 29.1 Å². The number of rotatable bonds is 5. The first kappa shape index (κ1) is 19.9. The van der Waals surface area contributed by atoms with E-state index in [2.05, 4.69) is 0 Å². The highest BCUT2D eigenvalue weighted by molar-refractivity contribution is 7.89. The van der Waals surface area contributed by atoms with E-state index in [0.717, 1.165) is 16.0 Å². The van der Waals surface area contributed by atoms with Gasteiger partial charge >= 0.3 is 5.97 Å². The molecule has 128 valence electrons. The highest BCUT2D eigenvalue weighted by atomic mass is 35.5. The van der Waals surface area contributed by atoms with Gasteiger partial charge in [0, 0.05) is 29.7 Å². The Morgan fingerprint density at radius 2 is 2.00 bits per heavy atom. The Hall–Kier alpha value is -1.19. The summed E-state index contributed by atoms with van der Waals surface area (Å²) in [4.78, 5) is 12.1. The molecule has 6 nitrogen and oxygen atoms in total. The van der Waals surface area contributed by atoms with Crippen molar-refractivity contribution in [3.63, 3.8) is 0 Å². The van der Waals surface area contributed by atoms with Gasteiger partial charge in [0.25, 0.3) is 0 Å². The van der Waals surface area contributed by atoms with E-state index in [9.17, 15) is 13.2 Å². The Kier molecular flexibility index (Phi) is 6.55. The fraction of sp³-hybridized carbons (Fsp3) is 0.357. The van der Waals surface area contributed by atoms with Crippen LogP contribution in [0.1, 0.15) is 16.6 Å². The van der Waals surface area contributed by atoms with Crippen molar-refractivity contribution >= 4 is 49.8 Å². The highest BCUT2D eigenvalue weighted by Gasteiger charge is 2.33. The summed E-state index contributed by atoms with van der Waals surface area (Å²) < 4.78 is 32.5. The van der Waals surface area contributed by atoms with Crippen LogP contribution in [0.3, 0.4) is 0 Å². The third-order valence-corrected chi connectivity index (χ3v) is 6.86. The Morgan fingerprint density at radius 3 is 2.57 bits per heavy atom. The first-order valence-electron chi connectivity index (χ1n) is 6.62. The van der Waals surface area contributed by atoms with E-state index in [1.54, 1.807) is 31.2 Å². The average Bonchev–Trinajstić information content (AvgIpc) is 2.92. The molecule has 1 aromatic heterocycles. The normalized spacial score (nSPS) is 12.9. The van der Waals surface area contributed by atoms with Crippen LogP contribution >= 0.6 is 23.7 Å². The van der Waals surface area contributed by atoms with Crippen LogP contribution in [0.4, 0.5) is 0 Å². The van der Waals surface area contributed by atoms with Crippen LogP contribution in [0.25, 0.3) is 10.1 Å². The SMILES string of the molecule is COC(=O)c1sc2ccccc2c1S(=O)(=O)N(C)C(C)CN.Cl. The fourth-order valence-corrected chi connectivity index (χ4v) is 5.18. The van der Waals surface area contributed by atoms with Crippen LogP contribution in [0.2, 0.25) is 0 Å². The molecule has 1 heterocycles. The predicted octanol–water partition coefficient (Wildman–Crippen LogP) is 2.08. The first-order chi connectivity index (χ1) is 10.3.